The smallest absolute Gasteiger partial charge is 0.255 e. The maximum atomic E-state index is 13.3. The van der Waals surface area contributed by atoms with Crippen molar-refractivity contribution in [3.8, 4) is 0 Å². The number of hydrogen-bond acceptors (Lipinski definition) is 1. The first-order valence-electron chi connectivity index (χ1n) is 6.65. The molecule has 0 N–H and O–H groups in total. The first-order valence-corrected chi connectivity index (χ1v) is 7.44. The highest BCUT2D eigenvalue weighted by Crippen LogP contribution is 2.21. The number of rotatable bonds is 3. The van der Waals surface area contributed by atoms with Gasteiger partial charge in [0.15, 0.2) is 0 Å². The lowest BCUT2D eigenvalue weighted by molar-refractivity contribution is 0.0783. The summed E-state index contributed by atoms with van der Waals surface area (Å²) in [4.78, 5) is 14.0. The molecular weight excluding hydrogens is 333 g/mol. The van der Waals surface area contributed by atoms with Gasteiger partial charge < -0.3 is 4.90 Å². The van der Waals surface area contributed by atoms with Crippen LogP contribution in [-0.2, 0) is 6.54 Å². The molecule has 1 amide bonds. The molecule has 110 valence electrons. The van der Waals surface area contributed by atoms with Gasteiger partial charge >= 0.3 is 0 Å². The first-order chi connectivity index (χ1) is 9.88. The Kier molecular flexibility index (Phi) is 4.78. The minimum atomic E-state index is -0.415. The molecule has 0 aliphatic rings. The summed E-state index contributed by atoms with van der Waals surface area (Å²) in [5.74, 6) is -0.622. The SMILES string of the molecule is Cc1ccc(CN(C)C(=O)c2cc(F)ccc2Br)c(C)c1. The molecule has 0 atom stereocenters. The lowest BCUT2D eigenvalue weighted by Crippen LogP contribution is -2.27. The molecule has 0 saturated heterocycles. The van der Waals surface area contributed by atoms with Crippen molar-refractivity contribution in [1.82, 2.24) is 4.90 Å². The van der Waals surface area contributed by atoms with Gasteiger partial charge in [0.1, 0.15) is 5.82 Å². The van der Waals surface area contributed by atoms with E-state index in [1.165, 1.54) is 17.7 Å². The minimum Gasteiger partial charge on any atom is -0.337 e. The van der Waals surface area contributed by atoms with Crippen molar-refractivity contribution in [2.75, 3.05) is 7.05 Å². The van der Waals surface area contributed by atoms with E-state index in [0.29, 0.717) is 16.6 Å². The summed E-state index contributed by atoms with van der Waals surface area (Å²) in [5.41, 5.74) is 3.76. The molecule has 0 heterocycles. The third-order valence-electron chi connectivity index (χ3n) is 3.41. The van der Waals surface area contributed by atoms with Gasteiger partial charge in [0.05, 0.1) is 5.56 Å². The molecule has 0 aromatic heterocycles. The summed E-state index contributed by atoms with van der Waals surface area (Å²) in [6.45, 7) is 4.56. The molecular formula is C17H17BrFNO. The number of carbonyl (C=O) groups excluding carboxylic acids is 1. The molecule has 21 heavy (non-hydrogen) atoms. The van der Waals surface area contributed by atoms with Crippen LogP contribution >= 0.6 is 15.9 Å². The van der Waals surface area contributed by atoms with Crippen molar-refractivity contribution in [1.29, 1.82) is 0 Å². The van der Waals surface area contributed by atoms with Gasteiger partial charge in [-0.2, -0.15) is 0 Å². The fourth-order valence-corrected chi connectivity index (χ4v) is 2.63. The molecule has 0 fully saturated rings. The quantitative estimate of drug-likeness (QED) is 0.799. The van der Waals surface area contributed by atoms with Gasteiger partial charge in [-0.3, -0.25) is 4.79 Å². The van der Waals surface area contributed by atoms with Crippen molar-refractivity contribution in [2.24, 2.45) is 0 Å². The number of aryl methyl sites for hydroxylation is 2. The number of halogens is 2. The highest BCUT2D eigenvalue weighted by Gasteiger charge is 2.16. The van der Waals surface area contributed by atoms with E-state index in [0.717, 1.165) is 11.1 Å². The van der Waals surface area contributed by atoms with Crippen LogP contribution in [0.3, 0.4) is 0 Å². The molecule has 2 aromatic rings. The molecule has 0 aliphatic carbocycles. The van der Waals surface area contributed by atoms with Crippen LogP contribution in [0.25, 0.3) is 0 Å². The Morgan fingerprint density at radius 2 is 1.90 bits per heavy atom. The minimum absolute atomic E-state index is 0.207. The van der Waals surface area contributed by atoms with E-state index in [-0.39, 0.29) is 5.91 Å². The maximum Gasteiger partial charge on any atom is 0.255 e. The highest BCUT2D eigenvalue weighted by molar-refractivity contribution is 9.10. The van der Waals surface area contributed by atoms with Crippen LogP contribution in [0.1, 0.15) is 27.0 Å². The zero-order valence-electron chi connectivity index (χ0n) is 12.3. The van der Waals surface area contributed by atoms with Gasteiger partial charge in [0.25, 0.3) is 5.91 Å². The predicted octanol–water partition coefficient (Wildman–Crippen LogP) is 4.48. The zero-order chi connectivity index (χ0) is 15.6. The van der Waals surface area contributed by atoms with E-state index in [1.807, 2.05) is 26.0 Å². The Hall–Kier alpha value is -1.68. The van der Waals surface area contributed by atoms with Crippen molar-refractivity contribution in [3.05, 3.63) is 68.9 Å². The van der Waals surface area contributed by atoms with Crippen LogP contribution in [0, 0.1) is 19.7 Å². The fourth-order valence-electron chi connectivity index (χ4n) is 2.22. The summed E-state index contributed by atoms with van der Waals surface area (Å²) in [6, 6.07) is 10.3. The summed E-state index contributed by atoms with van der Waals surface area (Å²) in [7, 11) is 1.72. The fraction of sp³-hybridized carbons (Fsp3) is 0.235. The third-order valence-corrected chi connectivity index (χ3v) is 4.10. The Labute approximate surface area is 132 Å². The van der Waals surface area contributed by atoms with E-state index in [1.54, 1.807) is 18.0 Å². The monoisotopic (exact) mass is 349 g/mol. The van der Waals surface area contributed by atoms with Gasteiger partial charge in [-0.15, -0.1) is 0 Å². The standard InChI is InChI=1S/C17H17BrFNO/c1-11-4-5-13(12(2)8-11)10-20(3)17(21)15-9-14(19)6-7-16(15)18/h4-9H,10H2,1-3H3. The molecule has 0 bridgehead atoms. The summed E-state index contributed by atoms with van der Waals surface area (Å²) in [5, 5.41) is 0. The van der Waals surface area contributed by atoms with Crippen molar-refractivity contribution in [3.63, 3.8) is 0 Å². The Balaban J connectivity index is 2.21. The van der Waals surface area contributed by atoms with Crippen molar-refractivity contribution >= 4 is 21.8 Å². The summed E-state index contributed by atoms with van der Waals surface area (Å²) >= 11 is 3.29. The molecule has 2 rings (SSSR count). The predicted molar refractivity (Wildman–Crippen MR) is 85.8 cm³/mol. The van der Waals surface area contributed by atoms with Crippen molar-refractivity contribution < 1.29 is 9.18 Å². The van der Waals surface area contributed by atoms with Crippen LogP contribution in [0.15, 0.2) is 40.9 Å². The van der Waals surface area contributed by atoms with Crippen molar-refractivity contribution in [2.45, 2.75) is 20.4 Å². The number of carbonyl (C=O) groups is 1. The van der Waals surface area contributed by atoms with Crippen LogP contribution in [-0.4, -0.2) is 17.9 Å². The van der Waals surface area contributed by atoms with Gasteiger partial charge in [0.2, 0.25) is 0 Å². The highest BCUT2D eigenvalue weighted by atomic mass is 79.9. The van der Waals surface area contributed by atoms with Gasteiger partial charge in [-0.05, 0) is 59.1 Å². The number of amides is 1. The molecule has 0 aliphatic heterocycles. The van der Waals surface area contributed by atoms with E-state index >= 15 is 0 Å². The average Bonchev–Trinajstić information content (AvgIpc) is 2.43. The second-order valence-corrected chi connectivity index (χ2v) is 6.07. The Bertz CT molecular complexity index is 684. The third kappa shape index (κ3) is 3.70. The Morgan fingerprint density at radius 3 is 2.57 bits per heavy atom. The largest absolute Gasteiger partial charge is 0.337 e. The average molecular weight is 350 g/mol. The lowest BCUT2D eigenvalue weighted by atomic mass is 10.1. The normalized spacial score (nSPS) is 10.5. The summed E-state index contributed by atoms with van der Waals surface area (Å²) < 4.78 is 13.9. The molecule has 2 aromatic carbocycles. The first kappa shape index (κ1) is 15.7. The Morgan fingerprint density at radius 1 is 1.19 bits per heavy atom. The van der Waals surface area contributed by atoms with Crippen LogP contribution in [0.5, 0.6) is 0 Å². The van der Waals surface area contributed by atoms with Crippen LogP contribution < -0.4 is 0 Å². The number of nitrogens with zero attached hydrogens (tertiary/aromatic N) is 1. The molecule has 4 heteroatoms. The van der Waals surface area contributed by atoms with Crippen LogP contribution in [0.4, 0.5) is 4.39 Å². The molecule has 0 spiro atoms. The second kappa shape index (κ2) is 6.39. The molecule has 0 saturated carbocycles. The maximum absolute atomic E-state index is 13.3. The number of hydrogen-bond donors (Lipinski definition) is 0. The topological polar surface area (TPSA) is 20.3 Å². The van der Waals surface area contributed by atoms with Gasteiger partial charge in [-0.25, -0.2) is 4.39 Å². The molecule has 0 radical (unpaired) electrons. The van der Waals surface area contributed by atoms with E-state index < -0.39 is 5.82 Å². The van der Waals surface area contributed by atoms with E-state index in [2.05, 4.69) is 22.0 Å². The lowest BCUT2D eigenvalue weighted by Gasteiger charge is -2.19. The van der Waals surface area contributed by atoms with Gasteiger partial charge in [-0.1, -0.05) is 23.8 Å². The zero-order valence-corrected chi connectivity index (χ0v) is 13.9. The van der Waals surface area contributed by atoms with Gasteiger partial charge in [0, 0.05) is 18.1 Å². The van der Waals surface area contributed by atoms with Crippen LogP contribution in [0.2, 0.25) is 0 Å². The second-order valence-electron chi connectivity index (χ2n) is 5.22. The molecule has 2 nitrogen and oxygen atoms in total. The number of benzene rings is 2. The molecule has 0 unspecified atom stereocenters. The van der Waals surface area contributed by atoms with E-state index in [4.69, 9.17) is 0 Å². The van der Waals surface area contributed by atoms with E-state index in [9.17, 15) is 9.18 Å². The summed E-state index contributed by atoms with van der Waals surface area (Å²) in [6.07, 6.45) is 0.